The summed E-state index contributed by atoms with van der Waals surface area (Å²) in [6, 6.07) is 4.33. The Balaban J connectivity index is 1.58. The van der Waals surface area contributed by atoms with Crippen LogP contribution in [-0.2, 0) is 0 Å². The number of hydrogen-bond donors (Lipinski definition) is 1. The number of pyridine rings is 1. The van der Waals surface area contributed by atoms with E-state index in [4.69, 9.17) is 4.42 Å². The van der Waals surface area contributed by atoms with Gasteiger partial charge in [0.2, 0.25) is 0 Å². The van der Waals surface area contributed by atoms with Crippen molar-refractivity contribution < 1.29 is 9.21 Å². The smallest absolute Gasteiger partial charge is 0.270 e. The number of aromatic nitrogens is 1. The predicted octanol–water partition coefficient (Wildman–Crippen LogP) is 2.35. The Morgan fingerprint density at radius 2 is 2.18 bits per heavy atom. The normalized spacial score (nSPS) is 30.6. The molecule has 5 nitrogen and oxygen atoms in total. The number of aryl methyl sites for hydroxylation is 1. The van der Waals surface area contributed by atoms with Crippen LogP contribution in [0.25, 0.3) is 11.0 Å². The maximum Gasteiger partial charge on any atom is 0.270 e. The Morgan fingerprint density at radius 3 is 2.91 bits per heavy atom. The van der Waals surface area contributed by atoms with Gasteiger partial charge >= 0.3 is 0 Å². The number of furan rings is 1. The molecule has 2 bridgehead atoms. The molecule has 3 aliphatic rings. The number of nitrogens with one attached hydrogen (secondary N) is 1. The van der Waals surface area contributed by atoms with E-state index in [0.29, 0.717) is 17.7 Å². The molecule has 3 fully saturated rings. The zero-order valence-corrected chi connectivity index (χ0v) is 13.0. The van der Waals surface area contributed by atoms with Crippen LogP contribution >= 0.6 is 0 Å². The van der Waals surface area contributed by atoms with Crippen molar-refractivity contribution in [2.45, 2.75) is 38.8 Å². The second kappa shape index (κ2) is 5.09. The van der Waals surface area contributed by atoms with Crippen molar-refractivity contribution >= 4 is 16.9 Å². The zero-order valence-electron chi connectivity index (χ0n) is 13.0. The minimum Gasteiger partial charge on any atom is -0.462 e. The van der Waals surface area contributed by atoms with E-state index < -0.39 is 0 Å². The molecule has 0 aliphatic carbocycles. The summed E-state index contributed by atoms with van der Waals surface area (Å²) in [5, 5.41) is 4.16. The van der Waals surface area contributed by atoms with Gasteiger partial charge in [-0.2, -0.15) is 0 Å². The number of piperidine rings is 3. The molecule has 2 atom stereocenters. The number of amides is 1. The first-order valence-electron chi connectivity index (χ1n) is 8.03. The van der Waals surface area contributed by atoms with E-state index in [9.17, 15) is 4.79 Å². The molecule has 5 rings (SSSR count). The number of rotatable bonds is 2. The van der Waals surface area contributed by atoms with E-state index in [1.54, 1.807) is 6.26 Å². The lowest BCUT2D eigenvalue weighted by molar-refractivity contribution is 0.0216. The van der Waals surface area contributed by atoms with Crippen LogP contribution in [0.2, 0.25) is 0 Å². The molecular formula is C17H21N3O2. The average molecular weight is 299 g/mol. The number of nitrogens with zero attached hydrogens (tertiary/aromatic N) is 2. The minimum absolute atomic E-state index is 0.0724. The van der Waals surface area contributed by atoms with E-state index in [1.807, 2.05) is 19.1 Å². The first-order chi connectivity index (χ1) is 10.6. The van der Waals surface area contributed by atoms with Gasteiger partial charge in [-0.3, -0.25) is 9.69 Å². The van der Waals surface area contributed by atoms with Crippen molar-refractivity contribution in [3.63, 3.8) is 0 Å². The molecule has 5 heteroatoms. The van der Waals surface area contributed by atoms with Crippen LogP contribution in [0.5, 0.6) is 0 Å². The van der Waals surface area contributed by atoms with Crippen LogP contribution in [0.1, 0.15) is 35.9 Å². The van der Waals surface area contributed by atoms with Gasteiger partial charge in [0.1, 0.15) is 5.69 Å². The third-order valence-electron chi connectivity index (χ3n) is 5.31. The number of carbonyl (C=O) groups excluding carboxylic acids is 1. The predicted molar refractivity (Wildman–Crippen MR) is 83.8 cm³/mol. The third-order valence-corrected chi connectivity index (χ3v) is 5.31. The highest BCUT2D eigenvalue weighted by atomic mass is 16.3. The van der Waals surface area contributed by atoms with Crippen molar-refractivity contribution in [2.24, 2.45) is 5.92 Å². The summed E-state index contributed by atoms with van der Waals surface area (Å²) in [4.78, 5) is 19.5. The second-order valence-electron chi connectivity index (χ2n) is 6.55. The zero-order chi connectivity index (χ0) is 15.3. The lowest BCUT2D eigenvalue weighted by Crippen LogP contribution is -2.62. The van der Waals surface area contributed by atoms with E-state index in [1.165, 1.54) is 12.8 Å². The first-order valence-corrected chi connectivity index (χ1v) is 8.03. The summed E-state index contributed by atoms with van der Waals surface area (Å²) in [5.41, 5.74) is 2.00. The van der Waals surface area contributed by atoms with E-state index in [-0.39, 0.29) is 11.9 Å². The second-order valence-corrected chi connectivity index (χ2v) is 6.55. The topological polar surface area (TPSA) is 58.4 Å². The highest BCUT2D eigenvalue weighted by Crippen LogP contribution is 2.32. The van der Waals surface area contributed by atoms with Crippen molar-refractivity contribution in [2.75, 3.05) is 13.1 Å². The molecule has 2 aromatic heterocycles. The summed E-state index contributed by atoms with van der Waals surface area (Å²) >= 11 is 0. The van der Waals surface area contributed by atoms with E-state index >= 15 is 0 Å². The monoisotopic (exact) mass is 299 g/mol. The van der Waals surface area contributed by atoms with Crippen LogP contribution in [0.15, 0.2) is 22.8 Å². The molecule has 0 spiro atoms. The molecule has 3 aliphatic heterocycles. The van der Waals surface area contributed by atoms with Crippen LogP contribution in [0, 0.1) is 12.8 Å². The molecule has 2 aromatic rings. The fraction of sp³-hybridized carbons (Fsp3) is 0.529. The van der Waals surface area contributed by atoms with Crippen LogP contribution in [-0.4, -0.2) is 41.0 Å². The standard InChI is InChI=1S/C17H21N3O2/c1-10-16-13(5-8-22-16)9-14(18-10)17(21)19-15-11(2)20-6-3-12(15)4-7-20/h5,8-9,11-12,15H,3-4,6-7H2,1-2H3,(H,19,21)/t11-,15-/m0/s1. The van der Waals surface area contributed by atoms with Crippen molar-refractivity contribution in [3.05, 3.63) is 29.8 Å². The molecule has 22 heavy (non-hydrogen) atoms. The maximum absolute atomic E-state index is 12.6. The van der Waals surface area contributed by atoms with Gasteiger partial charge in [0, 0.05) is 17.5 Å². The van der Waals surface area contributed by atoms with Crippen molar-refractivity contribution in [3.8, 4) is 0 Å². The Kier molecular flexibility index (Phi) is 3.18. The fourth-order valence-corrected chi connectivity index (χ4v) is 4.02. The Hall–Kier alpha value is -1.88. The van der Waals surface area contributed by atoms with Gasteiger partial charge in [0.15, 0.2) is 5.58 Å². The van der Waals surface area contributed by atoms with Gasteiger partial charge in [-0.05, 0) is 57.8 Å². The summed E-state index contributed by atoms with van der Waals surface area (Å²) in [5.74, 6) is 0.527. The molecule has 116 valence electrons. The van der Waals surface area contributed by atoms with E-state index in [2.05, 4.69) is 22.1 Å². The summed E-state index contributed by atoms with van der Waals surface area (Å²) < 4.78 is 5.39. The molecule has 5 heterocycles. The Labute approximate surface area is 129 Å². The van der Waals surface area contributed by atoms with Gasteiger partial charge in [-0.15, -0.1) is 0 Å². The molecule has 0 saturated carbocycles. The molecule has 0 radical (unpaired) electrons. The minimum atomic E-state index is -0.0724. The average Bonchev–Trinajstić information content (AvgIpc) is 3.00. The van der Waals surface area contributed by atoms with Gasteiger partial charge in [0.25, 0.3) is 5.91 Å². The third kappa shape index (κ3) is 2.11. The molecular weight excluding hydrogens is 278 g/mol. The molecule has 0 aromatic carbocycles. The fourth-order valence-electron chi connectivity index (χ4n) is 4.02. The largest absolute Gasteiger partial charge is 0.462 e. The lowest BCUT2D eigenvalue weighted by atomic mass is 9.79. The maximum atomic E-state index is 12.6. The van der Waals surface area contributed by atoms with Crippen molar-refractivity contribution in [1.82, 2.24) is 15.2 Å². The van der Waals surface area contributed by atoms with E-state index in [0.717, 1.165) is 29.8 Å². The summed E-state index contributed by atoms with van der Waals surface area (Å²) in [6.07, 6.45) is 4.00. The van der Waals surface area contributed by atoms with Crippen LogP contribution in [0.3, 0.4) is 0 Å². The quantitative estimate of drug-likeness (QED) is 0.925. The van der Waals surface area contributed by atoms with Gasteiger partial charge in [0.05, 0.1) is 12.0 Å². The highest BCUT2D eigenvalue weighted by molar-refractivity contribution is 5.96. The highest BCUT2D eigenvalue weighted by Gasteiger charge is 2.40. The number of carbonyl (C=O) groups is 1. The molecule has 0 unspecified atom stereocenters. The Morgan fingerprint density at radius 1 is 1.41 bits per heavy atom. The SMILES string of the molecule is Cc1nc(C(=O)N[C@@H]2C3CCN(CC3)[C@H]2C)cc2ccoc12. The Bertz CT molecular complexity index is 714. The van der Waals surface area contributed by atoms with Gasteiger partial charge in [-0.1, -0.05) is 0 Å². The summed E-state index contributed by atoms with van der Waals surface area (Å²) in [6.45, 7) is 6.42. The van der Waals surface area contributed by atoms with Crippen molar-refractivity contribution in [1.29, 1.82) is 0 Å². The lowest BCUT2D eigenvalue weighted by Gasteiger charge is -2.49. The first kappa shape index (κ1) is 13.8. The van der Waals surface area contributed by atoms with Gasteiger partial charge < -0.3 is 9.73 Å². The molecule has 1 amide bonds. The van der Waals surface area contributed by atoms with Gasteiger partial charge in [-0.25, -0.2) is 4.98 Å². The molecule has 3 saturated heterocycles. The molecule has 1 N–H and O–H groups in total. The number of hydrogen-bond acceptors (Lipinski definition) is 4. The summed E-state index contributed by atoms with van der Waals surface area (Å²) in [7, 11) is 0. The number of fused-ring (bicyclic) bond motifs is 4. The van der Waals surface area contributed by atoms with Crippen LogP contribution in [0.4, 0.5) is 0 Å². The van der Waals surface area contributed by atoms with Crippen LogP contribution < -0.4 is 5.32 Å².